The second-order valence-electron chi connectivity index (χ2n) is 9.23. The molecule has 1 atom stereocenters. The number of nitrogens with zero attached hydrogens (tertiary/aromatic N) is 2. The minimum Gasteiger partial charge on any atom is -0.393 e. The smallest absolute Gasteiger partial charge is 0.225 e. The molecule has 2 rings (SSSR count). The van der Waals surface area contributed by atoms with Gasteiger partial charge < -0.3 is 20.2 Å². The molecule has 0 aliphatic carbocycles. The Kier molecular flexibility index (Phi) is 11.5. The molecule has 5 nitrogen and oxygen atoms in total. The van der Waals surface area contributed by atoms with Crippen molar-refractivity contribution in [1.29, 1.82) is 0 Å². The van der Waals surface area contributed by atoms with Gasteiger partial charge in [-0.2, -0.15) is 0 Å². The van der Waals surface area contributed by atoms with Crippen molar-refractivity contribution in [3.8, 4) is 0 Å². The summed E-state index contributed by atoms with van der Waals surface area (Å²) in [6.07, 6.45) is 5.59. The molecule has 0 spiro atoms. The molecular weight excluding hydrogens is 338 g/mol. The van der Waals surface area contributed by atoms with E-state index in [4.69, 9.17) is 5.11 Å². The zero-order chi connectivity index (χ0) is 20.4. The molecule has 1 amide bonds. The molecule has 2 fully saturated rings. The molecule has 2 N–H and O–H groups in total. The lowest BCUT2D eigenvalue weighted by molar-refractivity contribution is -0.138. The maximum absolute atomic E-state index is 12.6. The van der Waals surface area contributed by atoms with Gasteiger partial charge in [-0.3, -0.25) is 4.79 Å². The Bertz CT molecular complexity index is 390. The highest BCUT2D eigenvalue weighted by atomic mass is 16.3. The van der Waals surface area contributed by atoms with E-state index in [-0.39, 0.29) is 6.10 Å². The third-order valence-electron chi connectivity index (χ3n) is 6.06. The molecule has 27 heavy (non-hydrogen) atoms. The maximum atomic E-state index is 12.6. The van der Waals surface area contributed by atoms with Crippen LogP contribution in [-0.4, -0.2) is 72.7 Å². The first-order valence-electron chi connectivity index (χ1n) is 11.1. The molecule has 0 aromatic carbocycles. The number of aliphatic hydroxyl groups excluding tert-OH is 1. The van der Waals surface area contributed by atoms with Gasteiger partial charge in [-0.1, -0.05) is 27.7 Å². The Morgan fingerprint density at radius 3 is 1.96 bits per heavy atom. The normalized spacial score (nSPS) is 21.3. The Morgan fingerprint density at radius 2 is 1.52 bits per heavy atom. The highest BCUT2D eigenvalue weighted by molar-refractivity contribution is 5.79. The first-order chi connectivity index (χ1) is 12.7. The van der Waals surface area contributed by atoms with Gasteiger partial charge in [0, 0.05) is 25.0 Å². The second kappa shape index (κ2) is 12.7. The number of likely N-dealkylation sites (tertiary alicyclic amines) is 2. The summed E-state index contributed by atoms with van der Waals surface area (Å²) in [5.74, 6) is 1.94. The molecule has 0 radical (unpaired) electrons. The number of aliphatic hydroxyl groups is 1. The monoisotopic (exact) mass is 383 g/mol. The summed E-state index contributed by atoms with van der Waals surface area (Å²) in [4.78, 5) is 17.0. The lowest BCUT2D eigenvalue weighted by Gasteiger charge is -2.36. The molecule has 5 heteroatoms. The first kappa shape index (κ1) is 24.4. The van der Waals surface area contributed by atoms with E-state index < -0.39 is 0 Å². The van der Waals surface area contributed by atoms with Crippen LogP contribution in [0.15, 0.2) is 0 Å². The average Bonchev–Trinajstić information content (AvgIpc) is 2.62. The van der Waals surface area contributed by atoms with Crippen LogP contribution in [0.1, 0.15) is 66.7 Å². The predicted octanol–water partition coefficient (Wildman–Crippen LogP) is 2.98. The van der Waals surface area contributed by atoms with Gasteiger partial charge in [0.2, 0.25) is 5.91 Å². The zero-order valence-electron chi connectivity index (χ0n) is 18.7. The molecule has 0 saturated carbocycles. The number of hydrogen-bond donors (Lipinski definition) is 2. The third-order valence-corrected chi connectivity index (χ3v) is 6.06. The summed E-state index contributed by atoms with van der Waals surface area (Å²) in [6, 6.07) is 0.580. The lowest BCUT2D eigenvalue weighted by atomic mass is 9.90. The van der Waals surface area contributed by atoms with Gasteiger partial charge >= 0.3 is 0 Å². The van der Waals surface area contributed by atoms with Crippen LogP contribution >= 0.6 is 0 Å². The number of hydrogen-bond acceptors (Lipinski definition) is 4. The van der Waals surface area contributed by atoms with E-state index in [0.29, 0.717) is 23.8 Å². The van der Waals surface area contributed by atoms with Crippen molar-refractivity contribution in [2.75, 3.05) is 39.8 Å². The summed E-state index contributed by atoms with van der Waals surface area (Å²) in [7, 11) is 2.15. The molecule has 2 aliphatic heterocycles. The standard InChI is InChI=1S/C17H33N3O.C5H12O/c1-14(2)18-9-4-15-5-12-20(13-6-15)17(21)16-7-10-19(3)11-8-16;1-4(2)5(3)6/h14-16,18H,4-13H2,1-3H3;4-6H,1-3H3. The number of amides is 1. The quantitative estimate of drug-likeness (QED) is 0.740. The van der Waals surface area contributed by atoms with E-state index in [9.17, 15) is 4.79 Å². The van der Waals surface area contributed by atoms with E-state index in [1.807, 2.05) is 13.8 Å². The molecule has 2 saturated heterocycles. The largest absolute Gasteiger partial charge is 0.393 e. The molecule has 1 unspecified atom stereocenters. The highest BCUT2D eigenvalue weighted by Crippen LogP contribution is 2.24. The van der Waals surface area contributed by atoms with Crippen LogP contribution in [0.2, 0.25) is 0 Å². The molecule has 0 aromatic heterocycles. The van der Waals surface area contributed by atoms with Crippen molar-refractivity contribution in [1.82, 2.24) is 15.1 Å². The Morgan fingerprint density at radius 1 is 1.00 bits per heavy atom. The van der Waals surface area contributed by atoms with E-state index in [1.165, 1.54) is 19.3 Å². The average molecular weight is 384 g/mol. The number of carbonyl (C=O) groups excluding carboxylic acids is 1. The summed E-state index contributed by atoms with van der Waals surface area (Å²) in [5.41, 5.74) is 0. The zero-order valence-corrected chi connectivity index (χ0v) is 18.7. The Labute approximate surface area is 167 Å². The second-order valence-corrected chi connectivity index (χ2v) is 9.23. The van der Waals surface area contributed by atoms with Gasteiger partial charge in [0.05, 0.1) is 6.10 Å². The highest BCUT2D eigenvalue weighted by Gasteiger charge is 2.29. The van der Waals surface area contributed by atoms with Crippen molar-refractivity contribution in [3.63, 3.8) is 0 Å². The van der Waals surface area contributed by atoms with Crippen molar-refractivity contribution >= 4 is 5.91 Å². The summed E-state index contributed by atoms with van der Waals surface area (Å²) in [6.45, 7) is 15.4. The van der Waals surface area contributed by atoms with Gasteiger partial charge in [0.25, 0.3) is 0 Å². The Balaban J connectivity index is 0.000000527. The third kappa shape index (κ3) is 9.91. The SMILES string of the molecule is CC(C)C(C)O.CC(C)NCCC1CCN(C(=O)C2CCN(C)CC2)CC1. The molecule has 0 aromatic rings. The molecular formula is C22H45N3O2. The van der Waals surface area contributed by atoms with Gasteiger partial charge in [-0.15, -0.1) is 0 Å². The predicted molar refractivity (Wildman–Crippen MR) is 114 cm³/mol. The van der Waals surface area contributed by atoms with Crippen LogP contribution in [0.3, 0.4) is 0 Å². The van der Waals surface area contributed by atoms with Crippen LogP contribution in [-0.2, 0) is 4.79 Å². The van der Waals surface area contributed by atoms with E-state index in [0.717, 1.165) is 51.5 Å². The van der Waals surface area contributed by atoms with Gasteiger partial charge in [-0.25, -0.2) is 0 Å². The van der Waals surface area contributed by atoms with Crippen molar-refractivity contribution in [2.45, 2.75) is 78.9 Å². The van der Waals surface area contributed by atoms with Crippen molar-refractivity contribution in [3.05, 3.63) is 0 Å². The minimum atomic E-state index is -0.148. The van der Waals surface area contributed by atoms with Crippen molar-refractivity contribution < 1.29 is 9.90 Å². The summed E-state index contributed by atoms with van der Waals surface area (Å²) >= 11 is 0. The number of nitrogens with one attached hydrogen (secondary N) is 1. The number of rotatable bonds is 6. The fraction of sp³-hybridized carbons (Fsp3) is 0.955. The fourth-order valence-electron chi connectivity index (χ4n) is 3.53. The number of piperidine rings is 2. The van der Waals surface area contributed by atoms with Gasteiger partial charge in [-0.05, 0) is 77.5 Å². The molecule has 2 heterocycles. The minimum absolute atomic E-state index is 0.148. The Hall–Kier alpha value is -0.650. The van der Waals surface area contributed by atoms with Crippen molar-refractivity contribution in [2.24, 2.45) is 17.8 Å². The molecule has 2 aliphatic rings. The van der Waals surface area contributed by atoms with Crippen LogP contribution in [0, 0.1) is 17.8 Å². The molecule has 0 bridgehead atoms. The number of carbonyl (C=O) groups is 1. The van der Waals surface area contributed by atoms with E-state index in [2.05, 4.69) is 36.0 Å². The van der Waals surface area contributed by atoms with Gasteiger partial charge in [0.15, 0.2) is 0 Å². The van der Waals surface area contributed by atoms with Gasteiger partial charge in [0.1, 0.15) is 0 Å². The van der Waals surface area contributed by atoms with Crippen LogP contribution in [0.4, 0.5) is 0 Å². The maximum Gasteiger partial charge on any atom is 0.225 e. The van der Waals surface area contributed by atoms with Crippen LogP contribution < -0.4 is 5.32 Å². The topological polar surface area (TPSA) is 55.8 Å². The molecule has 160 valence electrons. The van der Waals surface area contributed by atoms with E-state index in [1.54, 1.807) is 6.92 Å². The van der Waals surface area contributed by atoms with E-state index >= 15 is 0 Å². The lowest BCUT2D eigenvalue weighted by Crippen LogP contribution is -2.45. The van der Waals surface area contributed by atoms with Crippen LogP contribution in [0.5, 0.6) is 0 Å². The summed E-state index contributed by atoms with van der Waals surface area (Å²) in [5, 5.41) is 12.1. The van der Waals surface area contributed by atoms with Crippen LogP contribution in [0.25, 0.3) is 0 Å². The fourth-order valence-corrected chi connectivity index (χ4v) is 3.53. The first-order valence-corrected chi connectivity index (χ1v) is 11.1. The summed E-state index contributed by atoms with van der Waals surface area (Å²) < 4.78 is 0.